The molecule has 0 unspecified atom stereocenters. The number of carbonyl (C=O) groups is 2. The normalized spacial score (nSPS) is 17.0. The summed E-state index contributed by atoms with van der Waals surface area (Å²) in [7, 11) is 0. The van der Waals surface area contributed by atoms with E-state index >= 15 is 0 Å². The number of hydrogen-bond acceptors (Lipinski definition) is 7. The third-order valence-corrected chi connectivity index (χ3v) is 7.91. The summed E-state index contributed by atoms with van der Waals surface area (Å²) < 4.78 is 10.6. The van der Waals surface area contributed by atoms with E-state index in [1.807, 2.05) is 31.5 Å². The largest absolute Gasteiger partial charge is 0.459 e. The lowest BCUT2D eigenvalue weighted by Gasteiger charge is -2.39. The maximum Gasteiger partial charge on any atom is 0.409 e. The van der Waals surface area contributed by atoms with Crippen LogP contribution >= 0.6 is 11.3 Å². The quantitative estimate of drug-likeness (QED) is 0.533. The van der Waals surface area contributed by atoms with Gasteiger partial charge in [0.2, 0.25) is 0 Å². The van der Waals surface area contributed by atoms with Crippen LogP contribution in [0, 0.1) is 0 Å². The molecular weight excluding hydrogens is 464 g/mol. The average molecular weight is 495 g/mol. The molecule has 1 aliphatic heterocycles. The van der Waals surface area contributed by atoms with Crippen LogP contribution in [0.3, 0.4) is 0 Å². The summed E-state index contributed by atoms with van der Waals surface area (Å²) in [6.07, 6.45) is 9.23. The lowest BCUT2D eigenvalue weighted by atomic mass is 9.88. The average Bonchev–Trinajstić information content (AvgIpc) is 3.55. The van der Waals surface area contributed by atoms with Gasteiger partial charge in [-0.2, -0.15) is 0 Å². The minimum absolute atomic E-state index is 0.0488. The predicted octanol–water partition coefficient (Wildman–Crippen LogP) is 4.73. The SMILES string of the molecule is CCOC(=O)N1CCN([C@H](c2ccncc2)c2c(NC(=O)c3ccco3)sc3c2CCCC3)CC1. The fourth-order valence-corrected chi connectivity index (χ4v) is 6.34. The fourth-order valence-electron chi connectivity index (χ4n) is 5.03. The number of nitrogens with one attached hydrogen (secondary N) is 1. The van der Waals surface area contributed by atoms with Crippen LogP contribution in [0.4, 0.5) is 9.80 Å². The van der Waals surface area contributed by atoms with Crippen LogP contribution in [0.1, 0.15) is 57.9 Å². The second kappa shape index (κ2) is 10.6. The number of nitrogens with zero attached hydrogens (tertiary/aromatic N) is 3. The molecule has 0 spiro atoms. The number of carbonyl (C=O) groups excluding carboxylic acids is 2. The van der Waals surface area contributed by atoms with Crippen LogP contribution in [0.25, 0.3) is 0 Å². The number of aryl methyl sites for hydroxylation is 1. The van der Waals surface area contributed by atoms with Gasteiger partial charge < -0.3 is 19.4 Å². The molecule has 2 aliphatic rings. The number of fused-ring (bicyclic) bond motifs is 1. The lowest BCUT2D eigenvalue weighted by Crippen LogP contribution is -2.50. The zero-order chi connectivity index (χ0) is 24.2. The molecule has 5 rings (SSSR count). The number of piperazine rings is 1. The smallest absolute Gasteiger partial charge is 0.409 e. The van der Waals surface area contributed by atoms with Crippen LogP contribution in [-0.4, -0.2) is 59.6 Å². The van der Waals surface area contributed by atoms with Crippen molar-refractivity contribution < 1.29 is 18.7 Å². The van der Waals surface area contributed by atoms with E-state index in [1.54, 1.807) is 28.4 Å². The molecule has 1 N–H and O–H groups in total. The standard InChI is InChI=1S/C26H30N4O4S/c1-2-33-26(32)30-15-13-29(14-16-30)23(18-9-11-27-12-10-18)22-19-6-3-4-8-21(19)35-25(22)28-24(31)20-7-5-17-34-20/h5,7,9-12,17,23H,2-4,6,8,13-16H2,1H3,(H,28,31)/t23-/m1/s1. The summed E-state index contributed by atoms with van der Waals surface area (Å²) in [6, 6.07) is 7.45. The molecule has 1 aliphatic carbocycles. The number of pyridine rings is 1. The molecule has 9 heteroatoms. The van der Waals surface area contributed by atoms with Gasteiger partial charge in [0.15, 0.2) is 5.76 Å². The Bertz CT molecular complexity index is 1150. The van der Waals surface area contributed by atoms with Crippen molar-refractivity contribution in [3.63, 3.8) is 0 Å². The molecule has 184 valence electrons. The molecule has 0 bridgehead atoms. The number of aromatic nitrogens is 1. The first kappa shape index (κ1) is 23.6. The third-order valence-electron chi connectivity index (χ3n) is 6.68. The van der Waals surface area contributed by atoms with E-state index in [2.05, 4.69) is 15.2 Å². The summed E-state index contributed by atoms with van der Waals surface area (Å²) in [5.74, 6) is 0.0567. The molecule has 1 fully saturated rings. The minimum Gasteiger partial charge on any atom is -0.459 e. The number of rotatable bonds is 6. The maximum absolute atomic E-state index is 13.0. The molecule has 4 heterocycles. The van der Waals surface area contributed by atoms with Gasteiger partial charge in [-0.1, -0.05) is 0 Å². The van der Waals surface area contributed by atoms with Crippen molar-refractivity contribution in [3.8, 4) is 0 Å². The molecule has 1 saturated heterocycles. The molecule has 3 aromatic heterocycles. The first-order valence-corrected chi connectivity index (χ1v) is 13.0. The highest BCUT2D eigenvalue weighted by Gasteiger charge is 2.34. The van der Waals surface area contributed by atoms with E-state index in [4.69, 9.17) is 9.15 Å². The van der Waals surface area contributed by atoms with Crippen molar-refractivity contribution in [2.75, 3.05) is 38.1 Å². The number of thiophene rings is 1. The van der Waals surface area contributed by atoms with E-state index in [0.29, 0.717) is 38.5 Å². The maximum atomic E-state index is 13.0. The van der Waals surface area contributed by atoms with E-state index in [1.165, 1.54) is 22.3 Å². The molecule has 1 atom stereocenters. The van der Waals surface area contributed by atoms with Crippen molar-refractivity contribution in [3.05, 3.63) is 70.3 Å². The van der Waals surface area contributed by atoms with Crippen molar-refractivity contribution in [1.29, 1.82) is 0 Å². The number of amides is 2. The summed E-state index contributed by atoms with van der Waals surface area (Å²) >= 11 is 1.69. The van der Waals surface area contributed by atoms with Crippen LogP contribution in [0.5, 0.6) is 0 Å². The predicted molar refractivity (Wildman–Crippen MR) is 134 cm³/mol. The third kappa shape index (κ3) is 4.97. The molecule has 3 aromatic rings. The number of furan rings is 1. The zero-order valence-corrected chi connectivity index (χ0v) is 20.7. The summed E-state index contributed by atoms with van der Waals surface area (Å²) in [5.41, 5.74) is 3.65. The summed E-state index contributed by atoms with van der Waals surface area (Å²) in [4.78, 5) is 35.0. The van der Waals surface area contributed by atoms with Crippen molar-refractivity contribution in [2.24, 2.45) is 0 Å². The molecule has 0 aromatic carbocycles. The van der Waals surface area contributed by atoms with Gasteiger partial charge in [0.05, 0.1) is 18.9 Å². The Morgan fingerprint density at radius 2 is 1.91 bits per heavy atom. The van der Waals surface area contributed by atoms with Gasteiger partial charge in [-0.25, -0.2) is 4.79 Å². The van der Waals surface area contributed by atoms with Gasteiger partial charge in [0.1, 0.15) is 5.00 Å². The zero-order valence-electron chi connectivity index (χ0n) is 19.9. The Kier molecular flexibility index (Phi) is 7.15. The number of anilines is 1. The monoisotopic (exact) mass is 494 g/mol. The first-order valence-electron chi connectivity index (χ1n) is 12.2. The Morgan fingerprint density at radius 1 is 1.14 bits per heavy atom. The van der Waals surface area contributed by atoms with Crippen LogP contribution < -0.4 is 5.32 Å². The Balaban J connectivity index is 1.51. The van der Waals surface area contributed by atoms with Gasteiger partial charge in [-0.15, -0.1) is 11.3 Å². The minimum atomic E-state index is -0.257. The fraction of sp³-hybridized carbons (Fsp3) is 0.423. The molecule has 2 amide bonds. The van der Waals surface area contributed by atoms with E-state index in [-0.39, 0.29) is 18.0 Å². The highest BCUT2D eigenvalue weighted by molar-refractivity contribution is 7.16. The van der Waals surface area contributed by atoms with Crippen LogP contribution in [0.2, 0.25) is 0 Å². The Labute approximate surface area is 208 Å². The van der Waals surface area contributed by atoms with Crippen molar-refractivity contribution in [2.45, 2.75) is 38.6 Å². The van der Waals surface area contributed by atoms with E-state index in [0.717, 1.165) is 36.2 Å². The molecule has 35 heavy (non-hydrogen) atoms. The van der Waals surface area contributed by atoms with Gasteiger partial charge in [-0.3, -0.25) is 14.7 Å². The highest BCUT2D eigenvalue weighted by Crippen LogP contribution is 2.45. The molecule has 8 nitrogen and oxygen atoms in total. The van der Waals surface area contributed by atoms with Crippen molar-refractivity contribution in [1.82, 2.24) is 14.8 Å². The van der Waals surface area contributed by atoms with Gasteiger partial charge in [-0.05, 0) is 68.0 Å². The Hall–Kier alpha value is -3.17. The molecule has 0 saturated carbocycles. The van der Waals surface area contributed by atoms with Crippen molar-refractivity contribution >= 4 is 28.3 Å². The summed E-state index contributed by atoms with van der Waals surface area (Å²) in [6.45, 7) is 4.82. The molecule has 0 radical (unpaired) electrons. The highest BCUT2D eigenvalue weighted by atomic mass is 32.1. The van der Waals surface area contributed by atoms with Gasteiger partial charge in [0, 0.05) is 49.0 Å². The topological polar surface area (TPSA) is 87.9 Å². The van der Waals surface area contributed by atoms with E-state index in [9.17, 15) is 9.59 Å². The Morgan fingerprint density at radius 3 is 2.63 bits per heavy atom. The second-order valence-corrected chi connectivity index (χ2v) is 9.90. The van der Waals surface area contributed by atoms with Gasteiger partial charge >= 0.3 is 6.09 Å². The molecular formula is C26H30N4O4S. The van der Waals surface area contributed by atoms with Gasteiger partial charge in [0.25, 0.3) is 5.91 Å². The lowest BCUT2D eigenvalue weighted by molar-refractivity contribution is 0.0714. The second-order valence-electron chi connectivity index (χ2n) is 8.79. The number of ether oxygens (including phenoxy) is 1. The number of hydrogen-bond donors (Lipinski definition) is 1. The summed E-state index contributed by atoms with van der Waals surface area (Å²) in [5, 5.41) is 4.04. The van der Waals surface area contributed by atoms with E-state index < -0.39 is 0 Å². The first-order chi connectivity index (χ1) is 17.2. The van der Waals surface area contributed by atoms with Crippen LogP contribution in [-0.2, 0) is 17.6 Å². The van der Waals surface area contributed by atoms with Crippen LogP contribution in [0.15, 0.2) is 47.3 Å².